The maximum atomic E-state index is 12.7. The smallest absolute Gasteiger partial charge is 0.255 e. The second-order valence-electron chi connectivity index (χ2n) is 6.49. The summed E-state index contributed by atoms with van der Waals surface area (Å²) >= 11 is 0. The van der Waals surface area contributed by atoms with Crippen LogP contribution in [0.3, 0.4) is 0 Å². The standard InChI is InChI=1S/C23H20N2O5/c1-27-17-7-4-14(5-8-17)23-25-20-12-16(6-9-21(20)30-23)24-22(26)15-10-18(28-2)13-19(11-15)29-3/h4-13H,1-3H3,(H,24,26). The van der Waals surface area contributed by atoms with Gasteiger partial charge in [0.2, 0.25) is 5.89 Å². The first-order valence-corrected chi connectivity index (χ1v) is 9.19. The highest BCUT2D eigenvalue weighted by Crippen LogP contribution is 2.28. The molecule has 3 aromatic carbocycles. The Morgan fingerprint density at radius 1 is 0.833 bits per heavy atom. The Morgan fingerprint density at radius 3 is 2.13 bits per heavy atom. The molecule has 0 aliphatic rings. The number of nitrogens with one attached hydrogen (secondary N) is 1. The predicted octanol–water partition coefficient (Wildman–Crippen LogP) is 4.77. The van der Waals surface area contributed by atoms with Crippen molar-refractivity contribution in [1.82, 2.24) is 4.98 Å². The van der Waals surface area contributed by atoms with Crippen LogP contribution < -0.4 is 19.5 Å². The van der Waals surface area contributed by atoms with Gasteiger partial charge in [-0.25, -0.2) is 4.98 Å². The Labute approximate surface area is 173 Å². The van der Waals surface area contributed by atoms with Gasteiger partial charge in [0, 0.05) is 22.9 Å². The first-order chi connectivity index (χ1) is 14.6. The van der Waals surface area contributed by atoms with Gasteiger partial charge in [-0.05, 0) is 54.6 Å². The molecule has 0 atom stereocenters. The van der Waals surface area contributed by atoms with Crippen LogP contribution in [0, 0.1) is 0 Å². The molecule has 0 aliphatic heterocycles. The fraction of sp³-hybridized carbons (Fsp3) is 0.130. The van der Waals surface area contributed by atoms with Crippen LogP contribution >= 0.6 is 0 Å². The zero-order valence-corrected chi connectivity index (χ0v) is 16.8. The molecule has 0 unspecified atom stereocenters. The molecule has 7 nitrogen and oxygen atoms in total. The average Bonchev–Trinajstić information content (AvgIpc) is 3.22. The van der Waals surface area contributed by atoms with Crippen LogP contribution in [0.25, 0.3) is 22.6 Å². The number of rotatable bonds is 6. The van der Waals surface area contributed by atoms with E-state index in [1.165, 1.54) is 14.2 Å². The summed E-state index contributed by atoms with van der Waals surface area (Å²) in [6.07, 6.45) is 0. The quantitative estimate of drug-likeness (QED) is 0.498. The summed E-state index contributed by atoms with van der Waals surface area (Å²) in [4.78, 5) is 17.2. The van der Waals surface area contributed by atoms with E-state index >= 15 is 0 Å². The van der Waals surface area contributed by atoms with E-state index < -0.39 is 0 Å². The van der Waals surface area contributed by atoms with Crippen LogP contribution in [0.5, 0.6) is 17.2 Å². The minimum absolute atomic E-state index is 0.287. The fourth-order valence-electron chi connectivity index (χ4n) is 3.00. The van der Waals surface area contributed by atoms with Crippen LogP contribution in [0.15, 0.2) is 65.1 Å². The molecule has 0 aliphatic carbocycles. The number of carbonyl (C=O) groups is 1. The normalized spacial score (nSPS) is 10.6. The third-order valence-corrected chi connectivity index (χ3v) is 4.60. The number of fused-ring (bicyclic) bond motifs is 1. The van der Waals surface area contributed by atoms with Crippen molar-refractivity contribution in [3.8, 4) is 28.7 Å². The van der Waals surface area contributed by atoms with Crippen LogP contribution in [0.2, 0.25) is 0 Å². The number of carbonyl (C=O) groups excluding carboxylic acids is 1. The highest BCUT2D eigenvalue weighted by Gasteiger charge is 2.13. The van der Waals surface area contributed by atoms with Gasteiger partial charge in [0.1, 0.15) is 22.8 Å². The Kier molecular flexibility index (Phi) is 5.26. The van der Waals surface area contributed by atoms with Crippen molar-refractivity contribution in [3.05, 3.63) is 66.2 Å². The first kappa shape index (κ1) is 19.3. The number of ether oxygens (including phenoxy) is 3. The molecule has 0 radical (unpaired) electrons. The minimum atomic E-state index is -0.287. The van der Waals surface area contributed by atoms with Crippen LogP contribution in [0.4, 0.5) is 5.69 Å². The molecule has 0 saturated heterocycles. The molecule has 1 N–H and O–H groups in total. The Hall–Kier alpha value is -4.00. The zero-order chi connectivity index (χ0) is 21.1. The lowest BCUT2D eigenvalue weighted by molar-refractivity contribution is 0.102. The van der Waals surface area contributed by atoms with Gasteiger partial charge in [0.25, 0.3) is 5.91 Å². The molecule has 4 rings (SSSR count). The lowest BCUT2D eigenvalue weighted by Gasteiger charge is -2.09. The number of hydrogen-bond acceptors (Lipinski definition) is 6. The van der Waals surface area contributed by atoms with Gasteiger partial charge < -0.3 is 23.9 Å². The Balaban J connectivity index is 1.58. The number of anilines is 1. The van der Waals surface area contributed by atoms with Crippen molar-refractivity contribution in [2.24, 2.45) is 0 Å². The summed E-state index contributed by atoms with van der Waals surface area (Å²) in [5.74, 6) is 2.04. The second kappa shape index (κ2) is 8.16. The summed E-state index contributed by atoms with van der Waals surface area (Å²) < 4.78 is 21.5. The molecule has 4 aromatic rings. The largest absolute Gasteiger partial charge is 0.497 e. The number of methoxy groups -OCH3 is 3. The van der Waals surface area contributed by atoms with Crippen molar-refractivity contribution >= 4 is 22.7 Å². The molecule has 7 heteroatoms. The van der Waals surface area contributed by atoms with Crippen LogP contribution in [-0.2, 0) is 0 Å². The number of amides is 1. The zero-order valence-electron chi connectivity index (χ0n) is 16.8. The molecule has 0 spiro atoms. The number of aromatic nitrogens is 1. The average molecular weight is 404 g/mol. The van der Waals surface area contributed by atoms with E-state index in [4.69, 9.17) is 18.6 Å². The van der Waals surface area contributed by atoms with Gasteiger partial charge in [-0.15, -0.1) is 0 Å². The summed E-state index contributed by atoms with van der Waals surface area (Å²) in [5.41, 5.74) is 3.12. The van der Waals surface area contributed by atoms with Crippen LogP contribution in [0.1, 0.15) is 10.4 Å². The SMILES string of the molecule is COc1ccc(-c2nc3cc(NC(=O)c4cc(OC)cc(OC)c4)ccc3o2)cc1. The number of hydrogen-bond donors (Lipinski definition) is 1. The van der Waals surface area contributed by atoms with E-state index in [9.17, 15) is 4.79 Å². The maximum Gasteiger partial charge on any atom is 0.255 e. The third kappa shape index (κ3) is 3.91. The topological polar surface area (TPSA) is 82.8 Å². The van der Waals surface area contributed by atoms with Gasteiger partial charge in [-0.3, -0.25) is 4.79 Å². The van der Waals surface area contributed by atoms with Crippen molar-refractivity contribution in [3.63, 3.8) is 0 Å². The van der Waals surface area contributed by atoms with Gasteiger partial charge in [-0.1, -0.05) is 0 Å². The molecule has 30 heavy (non-hydrogen) atoms. The Morgan fingerprint density at radius 2 is 1.50 bits per heavy atom. The lowest BCUT2D eigenvalue weighted by atomic mass is 10.1. The van der Waals surface area contributed by atoms with Crippen molar-refractivity contribution in [2.45, 2.75) is 0 Å². The van der Waals surface area contributed by atoms with Gasteiger partial charge in [0.15, 0.2) is 5.58 Å². The van der Waals surface area contributed by atoms with Gasteiger partial charge in [-0.2, -0.15) is 0 Å². The predicted molar refractivity (Wildman–Crippen MR) is 113 cm³/mol. The summed E-state index contributed by atoms with van der Waals surface area (Å²) in [6, 6.07) is 17.8. The molecule has 1 amide bonds. The molecule has 1 heterocycles. The number of benzene rings is 3. The molecule has 1 aromatic heterocycles. The number of oxazole rings is 1. The molecular formula is C23H20N2O5. The maximum absolute atomic E-state index is 12.7. The fourth-order valence-corrected chi connectivity index (χ4v) is 3.00. The second-order valence-corrected chi connectivity index (χ2v) is 6.49. The molecule has 0 fully saturated rings. The van der Waals surface area contributed by atoms with Gasteiger partial charge in [0.05, 0.1) is 21.3 Å². The molecule has 0 bridgehead atoms. The van der Waals surface area contributed by atoms with E-state index in [1.807, 2.05) is 24.3 Å². The summed E-state index contributed by atoms with van der Waals surface area (Å²) in [7, 11) is 4.69. The highest BCUT2D eigenvalue weighted by molar-refractivity contribution is 6.05. The summed E-state index contributed by atoms with van der Waals surface area (Å²) in [5, 5.41) is 2.87. The monoisotopic (exact) mass is 404 g/mol. The van der Waals surface area contributed by atoms with Gasteiger partial charge >= 0.3 is 0 Å². The lowest BCUT2D eigenvalue weighted by Crippen LogP contribution is -2.12. The van der Waals surface area contributed by atoms with E-state index in [2.05, 4.69) is 10.3 Å². The number of nitrogens with zero attached hydrogens (tertiary/aromatic N) is 1. The Bertz CT molecular complexity index is 1180. The molecule has 0 saturated carbocycles. The molecular weight excluding hydrogens is 384 g/mol. The van der Waals surface area contributed by atoms with E-state index in [0.717, 1.165) is 11.3 Å². The molecule has 152 valence electrons. The highest BCUT2D eigenvalue weighted by atomic mass is 16.5. The van der Waals surface area contributed by atoms with E-state index in [1.54, 1.807) is 43.5 Å². The van der Waals surface area contributed by atoms with Crippen molar-refractivity contribution < 1.29 is 23.4 Å². The minimum Gasteiger partial charge on any atom is -0.497 e. The summed E-state index contributed by atoms with van der Waals surface area (Å²) in [6.45, 7) is 0. The van der Waals surface area contributed by atoms with Crippen molar-refractivity contribution in [2.75, 3.05) is 26.6 Å². The van der Waals surface area contributed by atoms with E-state index in [-0.39, 0.29) is 5.91 Å². The van der Waals surface area contributed by atoms with Crippen LogP contribution in [-0.4, -0.2) is 32.2 Å². The van der Waals surface area contributed by atoms with Crippen molar-refractivity contribution in [1.29, 1.82) is 0 Å². The third-order valence-electron chi connectivity index (χ3n) is 4.60. The first-order valence-electron chi connectivity index (χ1n) is 9.19. The van der Waals surface area contributed by atoms with E-state index in [0.29, 0.717) is 39.7 Å².